The van der Waals surface area contributed by atoms with Crippen molar-refractivity contribution in [3.8, 4) is 0 Å². The summed E-state index contributed by atoms with van der Waals surface area (Å²) in [6, 6.07) is 1.85. The molecule has 1 N–H and O–H groups in total. The SMILES string of the molecule is OC(CC1CCCCC1)c1ccoc1. The summed E-state index contributed by atoms with van der Waals surface area (Å²) in [6.07, 6.45) is 10.5. The minimum absolute atomic E-state index is 0.322. The van der Waals surface area contributed by atoms with E-state index >= 15 is 0 Å². The average molecular weight is 194 g/mol. The Labute approximate surface area is 84.9 Å². The highest BCUT2D eigenvalue weighted by Crippen LogP contribution is 2.31. The topological polar surface area (TPSA) is 33.4 Å². The van der Waals surface area contributed by atoms with Crippen molar-refractivity contribution >= 4 is 0 Å². The maximum Gasteiger partial charge on any atom is 0.0960 e. The molecule has 0 amide bonds. The number of rotatable bonds is 3. The van der Waals surface area contributed by atoms with Crippen LogP contribution in [0.4, 0.5) is 0 Å². The van der Waals surface area contributed by atoms with E-state index in [1.54, 1.807) is 12.5 Å². The molecule has 2 rings (SSSR count). The molecule has 2 nitrogen and oxygen atoms in total. The van der Waals surface area contributed by atoms with Gasteiger partial charge in [-0.3, -0.25) is 0 Å². The first-order chi connectivity index (χ1) is 6.86. The predicted molar refractivity (Wildman–Crippen MR) is 54.9 cm³/mol. The van der Waals surface area contributed by atoms with Gasteiger partial charge in [-0.05, 0) is 18.4 Å². The van der Waals surface area contributed by atoms with Crippen LogP contribution >= 0.6 is 0 Å². The van der Waals surface area contributed by atoms with Crippen LogP contribution in [0.2, 0.25) is 0 Å². The zero-order valence-electron chi connectivity index (χ0n) is 8.48. The smallest absolute Gasteiger partial charge is 0.0960 e. The molecule has 1 aromatic rings. The van der Waals surface area contributed by atoms with E-state index in [1.807, 2.05) is 6.07 Å². The van der Waals surface area contributed by atoms with Crippen molar-refractivity contribution < 1.29 is 9.52 Å². The van der Waals surface area contributed by atoms with Crippen LogP contribution in [0.3, 0.4) is 0 Å². The van der Waals surface area contributed by atoms with Gasteiger partial charge in [0.05, 0.1) is 18.6 Å². The summed E-state index contributed by atoms with van der Waals surface area (Å²) in [5.74, 6) is 0.716. The standard InChI is InChI=1S/C12H18O2/c13-12(11-6-7-14-9-11)8-10-4-2-1-3-5-10/h6-7,9-10,12-13H,1-5,8H2. The fourth-order valence-electron chi connectivity index (χ4n) is 2.34. The second kappa shape index (κ2) is 4.65. The molecular formula is C12H18O2. The molecule has 0 aliphatic heterocycles. The number of furan rings is 1. The van der Waals surface area contributed by atoms with Crippen molar-refractivity contribution in [1.82, 2.24) is 0 Å². The van der Waals surface area contributed by atoms with Crippen LogP contribution < -0.4 is 0 Å². The van der Waals surface area contributed by atoms with Gasteiger partial charge in [0.2, 0.25) is 0 Å². The summed E-state index contributed by atoms with van der Waals surface area (Å²) in [5.41, 5.74) is 0.926. The fourth-order valence-corrected chi connectivity index (χ4v) is 2.34. The van der Waals surface area contributed by atoms with Gasteiger partial charge < -0.3 is 9.52 Å². The van der Waals surface area contributed by atoms with E-state index in [0.717, 1.165) is 12.0 Å². The molecule has 78 valence electrons. The molecule has 0 saturated heterocycles. The second-order valence-electron chi connectivity index (χ2n) is 4.31. The van der Waals surface area contributed by atoms with E-state index < -0.39 is 0 Å². The molecule has 1 unspecified atom stereocenters. The number of aliphatic hydroxyl groups is 1. The second-order valence-corrected chi connectivity index (χ2v) is 4.31. The Morgan fingerprint density at radius 2 is 2.14 bits per heavy atom. The maximum absolute atomic E-state index is 9.90. The first-order valence-corrected chi connectivity index (χ1v) is 5.56. The van der Waals surface area contributed by atoms with Gasteiger partial charge in [-0.1, -0.05) is 32.1 Å². The third-order valence-electron chi connectivity index (χ3n) is 3.21. The van der Waals surface area contributed by atoms with Crippen LogP contribution in [-0.4, -0.2) is 5.11 Å². The summed E-state index contributed by atoms with van der Waals surface area (Å²) in [4.78, 5) is 0. The quantitative estimate of drug-likeness (QED) is 0.801. The van der Waals surface area contributed by atoms with Crippen LogP contribution in [-0.2, 0) is 0 Å². The molecule has 1 aromatic heterocycles. The van der Waals surface area contributed by atoms with Gasteiger partial charge in [-0.2, -0.15) is 0 Å². The van der Waals surface area contributed by atoms with Crippen LogP contribution in [0.5, 0.6) is 0 Å². The largest absolute Gasteiger partial charge is 0.472 e. The molecular weight excluding hydrogens is 176 g/mol. The van der Waals surface area contributed by atoms with Gasteiger partial charge in [0.15, 0.2) is 0 Å². The third-order valence-corrected chi connectivity index (χ3v) is 3.21. The van der Waals surface area contributed by atoms with Crippen LogP contribution in [0, 0.1) is 5.92 Å². The Hall–Kier alpha value is -0.760. The molecule has 0 aromatic carbocycles. The summed E-state index contributed by atoms with van der Waals surface area (Å²) in [7, 11) is 0. The number of hydrogen-bond acceptors (Lipinski definition) is 2. The van der Waals surface area contributed by atoms with E-state index in [4.69, 9.17) is 4.42 Å². The van der Waals surface area contributed by atoms with Gasteiger partial charge in [-0.25, -0.2) is 0 Å². The third kappa shape index (κ3) is 2.38. The Balaban J connectivity index is 1.84. The first kappa shape index (κ1) is 9.78. The fraction of sp³-hybridized carbons (Fsp3) is 0.667. The summed E-state index contributed by atoms with van der Waals surface area (Å²) in [6.45, 7) is 0. The number of aliphatic hydroxyl groups excluding tert-OH is 1. The highest BCUT2D eigenvalue weighted by atomic mass is 16.3. The summed E-state index contributed by atoms with van der Waals surface area (Å²) >= 11 is 0. The lowest BCUT2D eigenvalue weighted by Gasteiger charge is -2.23. The van der Waals surface area contributed by atoms with Gasteiger partial charge in [-0.15, -0.1) is 0 Å². The Kier molecular flexibility index (Phi) is 3.25. The number of hydrogen-bond donors (Lipinski definition) is 1. The molecule has 14 heavy (non-hydrogen) atoms. The molecule has 2 heteroatoms. The van der Waals surface area contributed by atoms with Crippen molar-refractivity contribution in [1.29, 1.82) is 0 Å². The van der Waals surface area contributed by atoms with Crippen molar-refractivity contribution in [3.05, 3.63) is 24.2 Å². The zero-order chi connectivity index (χ0) is 9.80. The van der Waals surface area contributed by atoms with Gasteiger partial charge >= 0.3 is 0 Å². The van der Waals surface area contributed by atoms with Gasteiger partial charge in [0.25, 0.3) is 0 Å². The van der Waals surface area contributed by atoms with E-state index in [-0.39, 0.29) is 6.10 Å². The van der Waals surface area contributed by atoms with Gasteiger partial charge in [0, 0.05) is 5.56 Å². The molecule has 1 heterocycles. The van der Waals surface area contributed by atoms with Crippen molar-refractivity contribution in [3.63, 3.8) is 0 Å². The Morgan fingerprint density at radius 1 is 1.36 bits per heavy atom. The molecule has 0 radical (unpaired) electrons. The van der Waals surface area contributed by atoms with Crippen LogP contribution in [0.25, 0.3) is 0 Å². The highest BCUT2D eigenvalue weighted by Gasteiger charge is 2.18. The molecule has 1 fully saturated rings. The van der Waals surface area contributed by atoms with E-state index in [9.17, 15) is 5.11 Å². The first-order valence-electron chi connectivity index (χ1n) is 5.56. The molecule has 1 aliphatic carbocycles. The molecule has 1 saturated carbocycles. The monoisotopic (exact) mass is 194 g/mol. The van der Waals surface area contributed by atoms with Crippen molar-refractivity contribution in [2.45, 2.75) is 44.6 Å². The molecule has 1 atom stereocenters. The Morgan fingerprint density at radius 3 is 2.79 bits per heavy atom. The van der Waals surface area contributed by atoms with E-state index in [1.165, 1.54) is 32.1 Å². The highest BCUT2D eigenvalue weighted by molar-refractivity contribution is 5.09. The van der Waals surface area contributed by atoms with Crippen molar-refractivity contribution in [2.24, 2.45) is 5.92 Å². The van der Waals surface area contributed by atoms with Gasteiger partial charge in [0.1, 0.15) is 0 Å². The van der Waals surface area contributed by atoms with E-state index in [0.29, 0.717) is 5.92 Å². The lowest BCUT2D eigenvalue weighted by Crippen LogP contribution is -2.10. The van der Waals surface area contributed by atoms with Crippen LogP contribution in [0.15, 0.2) is 23.0 Å². The maximum atomic E-state index is 9.90. The predicted octanol–water partition coefficient (Wildman–Crippen LogP) is 3.28. The average Bonchev–Trinajstić information content (AvgIpc) is 2.72. The lowest BCUT2D eigenvalue weighted by molar-refractivity contribution is 0.131. The normalized spacial score (nSPS) is 20.9. The zero-order valence-corrected chi connectivity index (χ0v) is 8.48. The summed E-state index contributed by atoms with van der Waals surface area (Å²) in [5, 5.41) is 9.90. The van der Waals surface area contributed by atoms with Crippen molar-refractivity contribution in [2.75, 3.05) is 0 Å². The molecule has 1 aliphatic rings. The molecule has 0 bridgehead atoms. The molecule has 0 spiro atoms. The minimum atomic E-state index is -0.322. The lowest BCUT2D eigenvalue weighted by atomic mass is 9.84. The minimum Gasteiger partial charge on any atom is -0.472 e. The summed E-state index contributed by atoms with van der Waals surface area (Å²) < 4.78 is 4.96. The van der Waals surface area contributed by atoms with E-state index in [2.05, 4.69) is 0 Å². The van der Waals surface area contributed by atoms with Crippen LogP contribution in [0.1, 0.15) is 50.2 Å². The Bertz CT molecular complexity index is 247.